The zero-order valence-electron chi connectivity index (χ0n) is 16.0. The number of hydrogen-bond acceptors (Lipinski definition) is 4. The number of alkyl halides is 3. The number of nitrogens with zero attached hydrogens (tertiary/aromatic N) is 4. The Bertz CT molecular complexity index is 743. The zero-order valence-corrected chi connectivity index (χ0v) is 16.0. The second-order valence-electron chi connectivity index (χ2n) is 5.92. The van der Waals surface area contributed by atoms with E-state index in [1.54, 1.807) is 18.5 Å². The van der Waals surface area contributed by atoms with Gasteiger partial charge in [0.15, 0.2) is 5.96 Å². The molecular formula is C18H25F3N6O. The van der Waals surface area contributed by atoms with E-state index in [4.69, 9.17) is 0 Å². The molecule has 0 unspecified atom stereocenters. The number of aliphatic imine (C=N–C) groups is 1. The highest BCUT2D eigenvalue weighted by molar-refractivity contribution is 5.79. The normalized spacial score (nSPS) is 12.1. The van der Waals surface area contributed by atoms with E-state index in [2.05, 4.69) is 30.6 Å². The quantitative estimate of drug-likeness (QED) is 0.502. The van der Waals surface area contributed by atoms with E-state index in [9.17, 15) is 13.2 Å². The van der Waals surface area contributed by atoms with Crippen LogP contribution in [0.3, 0.4) is 0 Å². The molecule has 28 heavy (non-hydrogen) atoms. The van der Waals surface area contributed by atoms with Gasteiger partial charge in [-0.2, -0.15) is 0 Å². The van der Waals surface area contributed by atoms with Gasteiger partial charge in [-0.15, -0.1) is 23.4 Å². The second-order valence-corrected chi connectivity index (χ2v) is 5.92. The Hall–Kier alpha value is -2.78. The molecule has 0 amide bonds. The lowest BCUT2D eigenvalue weighted by Crippen LogP contribution is -2.39. The van der Waals surface area contributed by atoms with Crippen LogP contribution in [0.15, 0.2) is 35.6 Å². The summed E-state index contributed by atoms with van der Waals surface area (Å²) in [5.41, 5.74) is 0.881. The predicted octanol–water partition coefficient (Wildman–Crippen LogP) is 2.54. The molecule has 2 N–H and O–H groups in total. The molecule has 154 valence electrons. The summed E-state index contributed by atoms with van der Waals surface area (Å²) in [5, 5.41) is 14.4. The van der Waals surface area contributed by atoms with Crippen molar-refractivity contribution in [1.29, 1.82) is 0 Å². The molecule has 0 saturated carbocycles. The van der Waals surface area contributed by atoms with Crippen LogP contribution in [0.1, 0.15) is 25.2 Å². The van der Waals surface area contributed by atoms with Crippen LogP contribution in [0.2, 0.25) is 0 Å². The van der Waals surface area contributed by atoms with Crippen LogP contribution in [0.5, 0.6) is 5.75 Å². The third-order valence-electron chi connectivity index (χ3n) is 3.83. The van der Waals surface area contributed by atoms with Crippen LogP contribution in [-0.4, -0.2) is 46.7 Å². The number of ether oxygens (including phenoxy) is 1. The van der Waals surface area contributed by atoms with E-state index in [-0.39, 0.29) is 5.75 Å². The van der Waals surface area contributed by atoms with Gasteiger partial charge in [0, 0.05) is 32.6 Å². The number of nitrogens with one attached hydrogen (secondary N) is 2. The minimum atomic E-state index is -4.68. The molecule has 2 rings (SSSR count). The van der Waals surface area contributed by atoms with Crippen molar-refractivity contribution in [3.05, 3.63) is 42.0 Å². The lowest BCUT2D eigenvalue weighted by Gasteiger charge is -2.12. The average Bonchev–Trinajstić information content (AvgIpc) is 3.09. The minimum Gasteiger partial charge on any atom is -0.406 e. The first kappa shape index (κ1) is 21.5. The fraction of sp³-hybridized carbons (Fsp3) is 0.500. The SMILES string of the molecule is CCNC(=NCCc1ccc(OC(F)(F)F)cc1)NCCn1cnnc1CC. The maximum atomic E-state index is 12.2. The Balaban J connectivity index is 1.81. The number of hydrogen-bond donors (Lipinski definition) is 2. The van der Waals surface area contributed by atoms with Crippen molar-refractivity contribution in [3.8, 4) is 5.75 Å². The summed E-state index contributed by atoms with van der Waals surface area (Å²) in [6.07, 6.45) is -1.55. The molecule has 0 radical (unpaired) electrons. The predicted molar refractivity (Wildman–Crippen MR) is 100 cm³/mol. The summed E-state index contributed by atoms with van der Waals surface area (Å²) in [5.74, 6) is 1.39. The molecule has 0 aliphatic carbocycles. The van der Waals surface area contributed by atoms with Crippen LogP contribution in [0.4, 0.5) is 13.2 Å². The van der Waals surface area contributed by atoms with E-state index in [0.29, 0.717) is 25.5 Å². The van der Waals surface area contributed by atoms with Gasteiger partial charge in [0.05, 0.1) is 0 Å². The third-order valence-corrected chi connectivity index (χ3v) is 3.83. The van der Waals surface area contributed by atoms with E-state index in [0.717, 1.165) is 30.9 Å². The van der Waals surface area contributed by atoms with Gasteiger partial charge in [0.25, 0.3) is 0 Å². The minimum absolute atomic E-state index is 0.227. The number of benzene rings is 1. The molecular weight excluding hydrogens is 373 g/mol. The fourth-order valence-corrected chi connectivity index (χ4v) is 2.53. The maximum Gasteiger partial charge on any atom is 0.573 e. The van der Waals surface area contributed by atoms with Gasteiger partial charge >= 0.3 is 6.36 Å². The van der Waals surface area contributed by atoms with Gasteiger partial charge in [0.1, 0.15) is 17.9 Å². The molecule has 1 aromatic heterocycles. The molecule has 10 heteroatoms. The van der Waals surface area contributed by atoms with Gasteiger partial charge in [-0.1, -0.05) is 19.1 Å². The van der Waals surface area contributed by atoms with Crippen LogP contribution in [0, 0.1) is 0 Å². The van der Waals surface area contributed by atoms with Crippen LogP contribution in [-0.2, 0) is 19.4 Å². The number of guanidine groups is 1. The number of aryl methyl sites for hydroxylation is 1. The average molecular weight is 398 g/mol. The standard InChI is InChI=1S/C18H25F3N6O/c1-3-16-26-25-13-27(16)12-11-24-17(22-4-2)23-10-9-14-5-7-15(8-6-14)28-18(19,20)21/h5-8,13H,3-4,9-12H2,1-2H3,(H2,22,23,24). The molecule has 1 aromatic carbocycles. The first-order chi connectivity index (χ1) is 13.4. The summed E-state index contributed by atoms with van der Waals surface area (Å²) in [4.78, 5) is 4.49. The Kier molecular flexibility index (Phi) is 8.09. The van der Waals surface area contributed by atoms with E-state index in [1.165, 1.54) is 12.1 Å². The molecule has 7 nitrogen and oxygen atoms in total. The van der Waals surface area contributed by atoms with Gasteiger partial charge in [-0.3, -0.25) is 4.99 Å². The molecule has 0 aliphatic rings. The Labute approximate surface area is 162 Å². The Morgan fingerprint density at radius 3 is 2.57 bits per heavy atom. The summed E-state index contributed by atoms with van der Waals surface area (Å²) in [6, 6.07) is 5.82. The van der Waals surface area contributed by atoms with Gasteiger partial charge < -0.3 is 19.9 Å². The van der Waals surface area contributed by atoms with Gasteiger partial charge in [-0.25, -0.2) is 0 Å². The molecule has 0 aliphatic heterocycles. The zero-order chi connectivity index (χ0) is 20.4. The summed E-state index contributed by atoms with van der Waals surface area (Å²) < 4.78 is 42.4. The molecule has 0 saturated heterocycles. The molecule has 2 aromatic rings. The molecule has 0 bridgehead atoms. The van der Waals surface area contributed by atoms with Crippen molar-refractivity contribution in [2.75, 3.05) is 19.6 Å². The van der Waals surface area contributed by atoms with Crippen molar-refractivity contribution in [3.63, 3.8) is 0 Å². The smallest absolute Gasteiger partial charge is 0.406 e. The Morgan fingerprint density at radius 1 is 1.18 bits per heavy atom. The van der Waals surface area contributed by atoms with Gasteiger partial charge in [-0.05, 0) is 31.0 Å². The lowest BCUT2D eigenvalue weighted by atomic mass is 10.1. The van der Waals surface area contributed by atoms with E-state index < -0.39 is 6.36 Å². The summed E-state index contributed by atoms with van der Waals surface area (Å²) in [7, 11) is 0. The Morgan fingerprint density at radius 2 is 1.93 bits per heavy atom. The fourth-order valence-electron chi connectivity index (χ4n) is 2.53. The molecule has 0 spiro atoms. The first-order valence-electron chi connectivity index (χ1n) is 9.14. The number of rotatable bonds is 9. The highest BCUT2D eigenvalue weighted by Crippen LogP contribution is 2.22. The van der Waals surface area contributed by atoms with Crippen LogP contribution >= 0.6 is 0 Å². The summed E-state index contributed by atoms with van der Waals surface area (Å²) >= 11 is 0. The highest BCUT2D eigenvalue weighted by atomic mass is 19.4. The highest BCUT2D eigenvalue weighted by Gasteiger charge is 2.30. The first-order valence-corrected chi connectivity index (χ1v) is 9.14. The third kappa shape index (κ3) is 7.45. The molecule has 0 fully saturated rings. The van der Waals surface area contributed by atoms with Crippen molar-refractivity contribution < 1.29 is 17.9 Å². The van der Waals surface area contributed by atoms with E-state index >= 15 is 0 Å². The molecule has 1 heterocycles. The van der Waals surface area contributed by atoms with Crippen molar-refractivity contribution in [2.45, 2.75) is 39.6 Å². The lowest BCUT2D eigenvalue weighted by molar-refractivity contribution is -0.274. The number of halogens is 3. The second kappa shape index (κ2) is 10.5. The van der Waals surface area contributed by atoms with Crippen molar-refractivity contribution in [1.82, 2.24) is 25.4 Å². The number of aromatic nitrogens is 3. The van der Waals surface area contributed by atoms with Gasteiger partial charge in [0.2, 0.25) is 0 Å². The monoisotopic (exact) mass is 398 g/mol. The maximum absolute atomic E-state index is 12.2. The van der Waals surface area contributed by atoms with Crippen LogP contribution in [0.25, 0.3) is 0 Å². The molecule has 0 atom stereocenters. The largest absolute Gasteiger partial charge is 0.573 e. The summed E-state index contributed by atoms with van der Waals surface area (Å²) in [6.45, 7) is 6.62. The van der Waals surface area contributed by atoms with E-state index in [1.807, 2.05) is 18.4 Å². The van der Waals surface area contributed by atoms with Crippen molar-refractivity contribution in [2.24, 2.45) is 4.99 Å². The topological polar surface area (TPSA) is 76.4 Å². The van der Waals surface area contributed by atoms with Crippen LogP contribution < -0.4 is 15.4 Å². The van der Waals surface area contributed by atoms with Crippen molar-refractivity contribution >= 4 is 5.96 Å².